The average molecular weight is 244 g/mol. The summed E-state index contributed by atoms with van der Waals surface area (Å²) in [4.78, 5) is 0. The summed E-state index contributed by atoms with van der Waals surface area (Å²) in [6, 6.07) is 8.43. The summed E-state index contributed by atoms with van der Waals surface area (Å²) in [7, 11) is 0. The van der Waals surface area contributed by atoms with Gasteiger partial charge in [0.15, 0.2) is 0 Å². The fourth-order valence-corrected chi connectivity index (χ4v) is 1.26. The molecule has 0 fully saturated rings. The smallest absolute Gasteiger partial charge is 0.0228 e. The molecule has 0 N–H and O–H groups in total. The van der Waals surface area contributed by atoms with E-state index in [1.165, 1.54) is 11.1 Å². The van der Waals surface area contributed by atoms with Crippen LogP contribution in [0.5, 0.6) is 0 Å². The van der Waals surface area contributed by atoms with Gasteiger partial charge in [-0.05, 0) is 22.6 Å². The number of rotatable bonds is 1. The van der Waals surface area contributed by atoms with Gasteiger partial charge in [0.1, 0.15) is 0 Å². The van der Waals surface area contributed by atoms with E-state index in [4.69, 9.17) is 0 Å². The van der Waals surface area contributed by atoms with Crippen LogP contribution in [0.15, 0.2) is 28.3 Å². The summed E-state index contributed by atoms with van der Waals surface area (Å²) in [6.07, 6.45) is 2.09. The number of hydrogen-bond donors (Lipinski definition) is 0. The molecule has 0 heterocycles. The Morgan fingerprint density at radius 1 is 1.40 bits per heavy atom. The Hall–Kier alpha value is -0.310. The molecule has 0 aliphatic heterocycles. The largest absolute Gasteiger partial charge is 0.0614 e. The molecular weight excluding hydrogens is 235 g/mol. The summed E-state index contributed by atoms with van der Waals surface area (Å²) >= 11 is 2.22. The van der Waals surface area contributed by atoms with Crippen molar-refractivity contribution >= 4 is 28.7 Å². The Labute approximate surface area is 75.1 Å². The molecule has 0 bridgehead atoms. The highest BCUT2D eigenvalue weighted by molar-refractivity contribution is 14.1. The molecule has 0 aliphatic rings. The van der Waals surface area contributed by atoms with Gasteiger partial charge < -0.3 is 0 Å². The van der Waals surface area contributed by atoms with Gasteiger partial charge in [-0.15, -0.1) is 0 Å². The SMILES string of the molecule is Cc1cccc(/C=C/I)c1. The first-order chi connectivity index (χ1) is 4.83. The lowest BCUT2D eigenvalue weighted by Gasteiger charge is -1.92. The van der Waals surface area contributed by atoms with Crippen LogP contribution in [0.1, 0.15) is 11.1 Å². The van der Waals surface area contributed by atoms with Crippen LogP contribution in [0.25, 0.3) is 6.08 Å². The molecule has 52 valence electrons. The fourth-order valence-electron chi connectivity index (χ4n) is 0.847. The second kappa shape index (κ2) is 3.76. The van der Waals surface area contributed by atoms with E-state index in [-0.39, 0.29) is 0 Å². The lowest BCUT2D eigenvalue weighted by molar-refractivity contribution is 1.46. The second-order valence-electron chi connectivity index (χ2n) is 2.21. The topological polar surface area (TPSA) is 0 Å². The Bertz CT molecular complexity index is 238. The van der Waals surface area contributed by atoms with Gasteiger partial charge in [-0.1, -0.05) is 52.4 Å². The van der Waals surface area contributed by atoms with Crippen molar-refractivity contribution in [2.24, 2.45) is 0 Å². The molecule has 1 aromatic rings. The van der Waals surface area contributed by atoms with Gasteiger partial charge in [0.2, 0.25) is 0 Å². The highest BCUT2D eigenvalue weighted by Gasteiger charge is 1.84. The van der Waals surface area contributed by atoms with Crippen molar-refractivity contribution in [3.05, 3.63) is 39.5 Å². The highest BCUT2D eigenvalue weighted by Crippen LogP contribution is 2.06. The van der Waals surface area contributed by atoms with Crippen LogP contribution >= 0.6 is 22.6 Å². The number of halogens is 1. The zero-order chi connectivity index (χ0) is 7.40. The van der Waals surface area contributed by atoms with Gasteiger partial charge >= 0.3 is 0 Å². The zero-order valence-electron chi connectivity index (χ0n) is 5.84. The third kappa shape index (κ3) is 2.14. The maximum Gasteiger partial charge on any atom is -0.0228 e. The molecule has 10 heavy (non-hydrogen) atoms. The van der Waals surface area contributed by atoms with Gasteiger partial charge in [-0.3, -0.25) is 0 Å². The van der Waals surface area contributed by atoms with Crippen molar-refractivity contribution in [1.82, 2.24) is 0 Å². The van der Waals surface area contributed by atoms with Crippen molar-refractivity contribution in [3.63, 3.8) is 0 Å². The first-order valence-electron chi connectivity index (χ1n) is 3.16. The third-order valence-corrected chi connectivity index (χ3v) is 1.66. The first kappa shape index (κ1) is 7.79. The molecular formula is C9H9I. The van der Waals surface area contributed by atoms with Gasteiger partial charge in [-0.25, -0.2) is 0 Å². The monoisotopic (exact) mass is 244 g/mol. The van der Waals surface area contributed by atoms with E-state index in [2.05, 4.69) is 59.9 Å². The van der Waals surface area contributed by atoms with Gasteiger partial charge in [0.05, 0.1) is 0 Å². The van der Waals surface area contributed by atoms with E-state index in [1.54, 1.807) is 0 Å². The predicted molar refractivity (Wildman–Crippen MR) is 54.2 cm³/mol. The number of benzene rings is 1. The third-order valence-electron chi connectivity index (χ3n) is 1.30. The van der Waals surface area contributed by atoms with Gasteiger partial charge in [0.25, 0.3) is 0 Å². The van der Waals surface area contributed by atoms with Gasteiger partial charge in [-0.2, -0.15) is 0 Å². The molecule has 0 unspecified atom stereocenters. The molecule has 0 atom stereocenters. The molecule has 0 amide bonds. The standard InChI is InChI=1S/C9H9I/c1-8-3-2-4-9(7-8)5-6-10/h2-7H,1H3/b6-5+. The summed E-state index contributed by atoms with van der Waals surface area (Å²) in [5.41, 5.74) is 2.58. The molecule has 1 rings (SSSR count). The Morgan fingerprint density at radius 2 is 2.20 bits per heavy atom. The van der Waals surface area contributed by atoms with E-state index in [0.29, 0.717) is 0 Å². The molecule has 0 aromatic heterocycles. The van der Waals surface area contributed by atoms with Crippen molar-refractivity contribution in [2.45, 2.75) is 6.92 Å². The molecule has 0 nitrogen and oxygen atoms in total. The summed E-state index contributed by atoms with van der Waals surface area (Å²) in [6.45, 7) is 2.10. The molecule has 1 heteroatoms. The number of hydrogen-bond acceptors (Lipinski definition) is 0. The molecule has 0 saturated carbocycles. The van der Waals surface area contributed by atoms with E-state index in [1.807, 2.05) is 4.08 Å². The van der Waals surface area contributed by atoms with Crippen molar-refractivity contribution in [2.75, 3.05) is 0 Å². The molecule has 0 saturated heterocycles. The normalized spacial score (nSPS) is 10.6. The van der Waals surface area contributed by atoms with E-state index in [0.717, 1.165) is 0 Å². The Balaban J connectivity index is 2.95. The van der Waals surface area contributed by atoms with Crippen LogP contribution in [-0.2, 0) is 0 Å². The molecule has 0 aliphatic carbocycles. The average Bonchev–Trinajstić information content (AvgIpc) is 1.88. The van der Waals surface area contributed by atoms with E-state index in [9.17, 15) is 0 Å². The minimum absolute atomic E-state index is 1.27. The Morgan fingerprint density at radius 3 is 2.80 bits per heavy atom. The van der Waals surface area contributed by atoms with Gasteiger partial charge in [0, 0.05) is 0 Å². The lowest BCUT2D eigenvalue weighted by atomic mass is 10.1. The van der Waals surface area contributed by atoms with Crippen LogP contribution in [0.2, 0.25) is 0 Å². The molecule has 0 spiro atoms. The highest BCUT2D eigenvalue weighted by atomic mass is 127. The second-order valence-corrected chi connectivity index (χ2v) is 2.93. The minimum Gasteiger partial charge on any atom is -0.0614 e. The van der Waals surface area contributed by atoms with Crippen molar-refractivity contribution in [1.29, 1.82) is 0 Å². The lowest BCUT2D eigenvalue weighted by Crippen LogP contribution is -1.72. The van der Waals surface area contributed by atoms with E-state index >= 15 is 0 Å². The van der Waals surface area contributed by atoms with Crippen molar-refractivity contribution in [3.8, 4) is 0 Å². The Kier molecular flexibility index (Phi) is 2.93. The van der Waals surface area contributed by atoms with Crippen molar-refractivity contribution < 1.29 is 0 Å². The maximum atomic E-state index is 2.22. The van der Waals surface area contributed by atoms with E-state index < -0.39 is 0 Å². The molecule has 0 radical (unpaired) electrons. The number of aryl methyl sites for hydroxylation is 1. The fraction of sp³-hybridized carbons (Fsp3) is 0.111. The quantitative estimate of drug-likeness (QED) is 0.664. The van der Waals surface area contributed by atoms with Crippen LogP contribution in [0.3, 0.4) is 0 Å². The first-order valence-corrected chi connectivity index (χ1v) is 4.41. The molecule has 1 aromatic carbocycles. The van der Waals surface area contributed by atoms with Crippen LogP contribution < -0.4 is 0 Å². The zero-order valence-corrected chi connectivity index (χ0v) is 8.00. The minimum atomic E-state index is 1.27. The summed E-state index contributed by atoms with van der Waals surface area (Å²) in [5.74, 6) is 0. The summed E-state index contributed by atoms with van der Waals surface area (Å²) in [5, 5.41) is 0. The summed E-state index contributed by atoms with van der Waals surface area (Å²) < 4.78 is 2.02. The van der Waals surface area contributed by atoms with Crippen LogP contribution in [0, 0.1) is 6.92 Å². The van der Waals surface area contributed by atoms with Crippen LogP contribution in [-0.4, -0.2) is 0 Å². The maximum absolute atomic E-state index is 2.22. The predicted octanol–water partition coefficient (Wildman–Crippen LogP) is 3.40. The van der Waals surface area contributed by atoms with Crippen LogP contribution in [0.4, 0.5) is 0 Å².